The van der Waals surface area contributed by atoms with Crippen LogP contribution in [-0.2, 0) is 4.74 Å². The van der Waals surface area contributed by atoms with Crippen LogP contribution in [-0.4, -0.2) is 62.4 Å². The quantitative estimate of drug-likeness (QED) is 0.367. The maximum absolute atomic E-state index is 9.84. The van der Waals surface area contributed by atoms with Gasteiger partial charge in [-0.1, -0.05) is 6.58 Å². The molecule has 0 radical (unpaired) electrons. The van der Waals surface area contributed by atoms with E-state index in [9.17, 15) is 10.2 Å². The number of hydrogen-bond acceptors (Lipinski definition) is 8. The summed E-state index contributed by atoms with van der Waals surface area (Å²) in [6.45, 7) is 3.25. The molecule has 8 nitrogen and oxygen atoms in total. The molecule has 2 aliphatic rings. The second-order valence-electron chi connectivity index (χ2n) is 3.98. The van der Waals surface area contributed by atoms with E-state index in [1.165, 1.54) is 17.2 Å². The number of nitrogens with zero attached hydrogens (tertiary/aromatic N) is 2. The average molecular weight is 257 g/mol. The van der Waals surface area contributed by atoms with Crippen molar-refractivity contribution in [2.45, 2.75) is 24.5 Å². The molecule has 0 aromatic heterocycles. The number of aliphatic hydroxyl groups is 3. The zero-order chi connectivity index (χ0) is 13.3. The molecule has 8 heteroatoms. The summed E-state index contributed by atoms with van der Waals surface area (Å²) < 4.78 is 5.33. The van der Waals surface area contributed by atoms with Crippen molar-refractivity contribution in [3.63, 3.8) is 0 Å². The fourth-order valence-electron chi connectivity index (χ4n) is 1.87. The predicted molar refractivity (Wildman–Crippen MR) is 60.2 cm³/mol. The molecule has 0 aromatic rings. The van der Waals surface area contributed by atoms with Crippen molar-refractivity contribution in [1.29, 1.82) is 0 Å². The normalized spacial score (nSPS) is 35.9. The molecule has 0 aliphatic carbocycles. The zero-order valence-electron chi connectivity index (χ0n) is 9.47. The summed E-state index contributed by atoms with van der Waals surface area (Å²) in [6.07, 6.45) is -1.17. The van der Waals surface area contributed by atoms with Gasteiger partial charge >= 0.3 is 0 Å². The van der Waals surface area contributed by atoms with Gasteiger partial charge in [0.25, 0.3) is 0 Å². The van der Waals surface area contributed by atoms with Gasteiger partial charge in [-0.05, 0) is 6.08 Å². The first kappa shape index (κ1) is 13.0. The second kappa shape index (κ2) is 5.04. The Bertz CT molecular complexity index is 397. The first-order valence-electron chi connectivity index (χ1n) is 5.35. The highest BCUT2D eigenvalue weighted by molar-refractivity contribution is 5.93. The van der Waals surface area contributed by atoms with Crippen molar-refractivity contribution in [2.75, 3.05) is 6.61 Å². The van der Waals surface area contributed by atoms with Gasteiger partial charge in [0.05, 0.1) is 6.61 Å². The molecule has 2 heterocycles. The van der Waals surface area contributed by atoms with Crippen LogP contribution in [0.2, 0.25) is 0 Å². The molecule has 0 amide bonds. The number of aliphatic imine (C=N–C) groups is 1. The standard InChI is InChI=1S/C10H15N3O5/c1-5-11-7(12-17)2-3-13(5)10-9(16)8(15)6(4-14)18-10/h2-3,6,8-10,14-17H,1,4H2,(H,11,12)/t6-,8-,9-,10-/m1/s1. The number of ether oxygens (including phenoxy) is 1. The van der Waals surface area contributed by atoms with Crippen LogP contribution in [0, 0.1) is 0 Å². The molecular weight excluding hydrogens is 242 g/mol. The van der Waals surface area contributed by atoms with Gasteiger partial charge < -0.3 is 25.0 Å². The Labute approximate surface area is 103 Å². The van der Waals surface area contributed by atoms with Crippen LogP contribution in [0.1, 0.15) is 0 Å². The lowest BCUT2D eigenvalue weighted by Gasteiger charge is -2.30. The van der Waals surface area contributed by atoms with Crippen LogP contribution in [0.5, 0.6) is 0 Å². The van der Waals surface area contributed by atoms with Gasteiger partial charge in [0.2, 0.25) is 0 Å². The van der Waals surface area contributed by atoms with Gasteiger partial charge in [0.15, 0.2) is 12.1 Å². The topological polar surface area (TPSA) is 118 Å². The minimum atomic E-state index is -1.19. The Balaban J connectivity index is 2.13. The average Bonchev–Trinajstić information content (AvgIpc) is 2.66. The van der Waals surface area contributed by atoms with Crippen LogP contribution in [0.3, 0.4) is 0 Å². The second-order valence-corrected chi connectivity index (χ2v) is 3.98. The Morgan fingerprint density at radius 1 is 1.44 bits per heavy atom. The van der Waals surface area contributed by atoms with E-state index in [1.807, 2.05) is 5.48 Å². The van der Waals surface area contributed by atoms with Crippen LogP contribution in [0.25, 0.3) is 0 Å². The molecule has 0 spiro atoms. The SMILES string of the molecule is C=C1N=C(NO)C=CN1[C@@H]1O[C@H](CO)[C@@H](O)[C@H]1O. The van der Waals surface area contributed by atoms with Crippen molar-refractivity contribution in [3.05, 3.63) is 24.7 Å². The number of hydroxylamine groups is 1. The largest absolute Gasteiger partial charge is 0.394 e. The van der Waals surface area contributed by atoms with Gasteiger partial charge in [-0.15, -0.1) is 0 Å². The van der Waals surface area contributed by atoms with Gasteiger partial charge in [0.1, 0.15) is 24.1 Å². The van der Waals surface area contributed by atoms with E-state index in [-0.39, 0.29) is 11.7 Å². The van der Waals surface area contributed by atoms with Crippen LogP contribution < -0.4 is 5.48 Å². The maximum atomic E-state index is 9.84. The lowest BCUT2D eigenvalue weighted by Crippen LogP contribution is -2.42. The van der Waals surface area contributed by atoms with E-state index in [4.69, 9.17) is 15.1 Å². The summed E-state index contributed by atoms with van der Waals surface area (Å²) in [5.74, 6) is 0.423. The fourth-order valence-corrected chi connectivity index (χ4v) is 1.87. The molecule has 1 fully saturated rings. The van der Waals surface area contributed by atoms with Crippen molar-refractivity contribution in [1.82, 2.24) is 10.4 Å². The minimum absolute atomic E-state index is 0.197. The third kappa shape index (κ3) is 2.11. The van der Waals surface area contributed by atoms with Crippen molar-refractivity contribution in [2.24, 2.45) is 4.99 Å². The van der Waals surface area contributed by atoms with Crippen LogP contribution in [0.15, 0.2) is 29.7 Å². The van der Waals surface area contributed by atoms with E-state index >= 15 is 0 Å². The fraction of sp³-hybridized carbons (Fsp3) is 0.500. The molecule has 2 aliphatic heterocycles. The Morgan fingerprint density at radius 2 is 2.17 bits per heavy atom. The number of hydrogen-bond donors (Lipinski definition) is 5. The Morgan fingerprint density at radius 3 is 2.67 bits per heavy atom. The molecule has 0 saturated carbocycles. The highest BCUT2D eigenvalue weighted by Gasteiger charge is 2.45. The first-order valence-corrected chi connectivity index (χ1v) is 5.35. The molecule has 2 rings (SSSR count). The van der Waals surface area contributed by atoms with E-state index in [0.29, 0.717) is 0 Å². The van der Waals surface area contributed by atoms with Crippen LogP contribution in [0.4, 0.5) is 0 Å². The molecule has 100 valence electrons. The summed E-state index contributed by atoms with van der Waals surface area (Å²) in [4.78, 5) is 5.31. The third-order valence-corrected chi connectivity index (χ3v) is 2.85. The number of rotatable bonds is 2. The number of nitrogens with one attached hydrogen (secondary N) is 1. The van der Waals surface area contributed by atoms with Crippen molar-refractivity contribution in [3.8, 4) is 0 Å². The maximum Gasteiger partial charge on any atom is 0.164 e. The third-order valence-electron chi connectivity index (χ3n) is 2.85. The highest BCUT2D eigenvalue weighted by Crippen LogP contribution is 2.27. The van der Waals surface area contributed by atoms with Crippen LogP contribution >= 0.6 is 0 Å². The van der Waals surface area contributed by atoms with Gasteiger partial charge in [-0.3, -0.25) is 10.7 Å². The summed E-state index contributed by atoms with van der Waals surface area (Å²) in [5.41, 5.74) is 1.87. The summed E-state index contributed by atoms with van der Waals surface area (Å²) >= 11 is 0. The first-order chi connectivity index (χ1) is 8.58. The molecule has 18 heavy (non-hydrogen) atoms. The number of aliphatic hydroxyl groups excluding tert-OH is 3. The Kier molecular flexibility index (Phi) is 3.64. The smallest absolute Gasteiger partial charge is 0.164 e. The minimum Gasteiger partial charge on any atom is -0.394 e. The summed E-state index contributed by atoms with van der Waals surface area (Å²) in [6, 6.07) is 0. The Hall–Kier alpha value is -1.45. The van der Waals surface area contributed by atoms with E-state index in [1.54, 1.807) is 0 Å². The van der Waals surface area contributed by atoms with E-state index in [2.05, 4.69) is 11.6 Å². The molecule has 4 atom stereocenters. The van der Waals surface area contributed by atoms with Gasteiger partial charge in [0, 0.05) is 6.20 Å². The molecule has 0 aromatic carbocycles. The summed E-state index contributed by atoms with van der Waals surface area (Å²) in [5, 5.41) is 37.2. The molecule has 1 saturated heterocycles. The molecule has 0 unspecified atom stereocenters. The van der Waals surface area contributed by atoms with E-state index < -0.39 is 31.1 Å². The van der Waals surface area contributed by atoms with Gasteiger partial charge in [-0.25, -0.2) is 4.99 Å². The molecular formula is C10H15N3O5. The zero-order valence-corrected chi connectivity index (χ0v) is 9.47. The summed E-state index contributed by atoms with van der Waals surface area (Å²) in [7, 11) is 0. The van der Waals surface area contributed by atoms with Crippen molar-refractivity contribution < 1.29 is 25.3 Å². The molecule has 0 bridgehead atoms. The lowest BCUT2D eigenvalue weighted by molar-refractivity contribution is -0.0693. The van der Waals surface area contributed by atoms with E-state index in [0.717, 1.165) is 0 Å². The predicted octanol–water partition coefficient (Wildman–Crippen LogP) is -1.90. The van der Waals surface area contributed by atoms with Crippen molar-refractivity contribution >= 4 is 5.84 Å². The monoisotopic (exact) mass is 257 g/mol. The highest BCUT2D eigenvalue weighted by atomic mass is 16.6. The van der Waals surface area contributed by atoms with Gasteiger partial charge in [-0.2, -0.15) is 0 Å². The molecule has 5 N–H and O–H groups in total. The number of amidine groups is 1. The lowest BCUT2D eigenvalue weighted by atomic mass is 10.1.